The average molecular weight is 1180 g/mol. The molecule has 0 fully saturated rings. The Morgan fingerprint density at radius 2 is 0.654 bits per heavy atom. The van der Waals surface area contributed by atoms with Crippen LogP contribution in [0.25, 0.3) is 0 Å². The van der Waals surface area contributed by atoms with Crippen LogP contribution >= 0.6 is 15.6 Å². The van der Waals surface area contributed by atoms with Gasteiger partial charge in [0, 0.05) is 19.3 Å². The van der Waals surface area contributed by atoms with Crippen LogP contribution in [0.3, 0.4) is 0 Å². The number of hydrogen-bond acceptors (Lipinski definition) is 14. The van der Waals surface area contributed by atoms with Crippen molar-refractivity contribution in [2.45, 2.75) is 245 Å². The van der Waals surface area contributed by atoms with E-state index in [1.54, 1.807) is 0 Å². The second-order valence-electron chi connectivity index (χ2n) is 20.1. The minimum atomic E-state index is -4.92. The fraction of sp³-hybridized carbons (Fsp3) is 0.698. The molecule has 16 nitrogen and oxygen atoms in total. The summed E-state index contributed by atoms with van der Waals surface area (Å²) in [5.74, 6) is -1.63. The van der Waals surface area contributed by atoms with E-state index < -0.39 is 91.5 Å². The van der Waals surface area contributed by atoms with Gasteiger partial charge in [0.2, 0.25) is 0 Å². The second kappa shape index (κ2) is 56.9. The van der Waals surface area contributed by atoms with Gasteiger partial charge >= 0.3 is 33.6 Å². The van der Waals surface area contributed by atoms with Gasteiger partial charge in [0.15, 0.2) is 6.10 Å². The zero-order valence-electron chi connectivity index (χ0n) is 49.9. The van der Waals surface area contributed by atoms with Crippen LogP contribution in [0.1, 0.15) is 226 Å². The topological polar surface area (TPSA) is 231 Å². The monoisotopic (exact) mass is 1180 g/mol. The number of ether oxygens (including phenoxy) is 3. The van der Waals surface area contributed by atoms with Gasteiger partial charge in [-0.3, -0.25) is 32.5 Å². The van der Waals surface area contributed by atoms with Gasteiger partial charge in [0.1, 0.15) is 25.4 Å². The molecule has 0 rings (SSSR count). The number of carbonyl (C=O) groups is 3. The fourth-order valence-electron chi connectivity index (χ4n) is 7.58. The molecule has 0 aromatic heterocycles. The lowest BCUT2D eigenvalue weighted by atomic mass is 10.1. The van der Waals surface area contributed by atoms with Crippen molar-refractivity contribution in [3.8, 4) is 0 Å². The van der Waals surface area contributed by atoms with Gasteiger partial charge in [-0.2, -0.15) is 0 Å². The van der Waals surface area contributed by atoms with E-state index in [4.69, 9.17) is 32.3 Å². The van der Waals surface area contributed by atoms with Crippen LogP contribution in [0, 0.1) is 0 Å². The van der Waals surface area contributed by atoms with Gasteiger partial charge in [0.05, 0.1) is 26.4 Å². The molecule has 81 heavy (non-hydrogen) atoms. The zero-order valence-corrected chi connectivity index (χ0v) is 51.7. The number of rotatable bonds is 57. The number of phosphoric acid groups is 2. The van der Waals surface area contributed by atoms with Crippen LogP contribution in [0.15, 0.2) is 97.2 Å². The summed E-state index contributed by atoms with van der Waals surface area (Å²) in [5.41, 5.74) is 0. The molecular weight excluding hydrogens is 1070 g/mol. The largest absolute Gasteiger partial charge is 0.472 e. The Morgan fingerprint density at radius 1 is 0.358 bits per heavy atom. The molecule has 0 saturated carbocycles. The third kappa shape index (κ3) is 58.1. The van der Waals surface area contributed by atoms with E-state index in [-0.39, 0.29) is 19.3 Å². The highest BCUT2D eigenvalue weighted by Gasteiger charge is 2.29. The number of carbonyl (C=O) groups excluding carboxylic acids is 3. The van der Waals surface area contributed by atoms with Crippen molar-refractivity contribution in [2.75, 3.05) is 39.6 Å². The number of esters is 3. The summed E-state index contributed by atoms with van der Waals surface area (Å²) in [5, 5.41) is 20.5. The Hall–Kier alpha value is -3.53. The average Bonchev–Trinajstić information content (AvgIpc) is 3.45. The molecule has 5 unspecified atom stereocenters. The van der Waals surface area contributed by atoms with Crippen molar-refractivity contribution in [1.29, 1.82) is 0 Å². The molecule has 4 N–H and O–H groups in total. The lowest BCUT2D eigenvalue weighted by Gasteiger charge is -2.21. The first-order chi connectivity index (χ1) is 39.2. The highest BCUT2D eigenvalue weighted by molar-refractivity contribution is 7.47. The first-order valence-corrected chi connectivity index (χ1v) is 33.5. The van der Waals surface area contributed by atoms with E-state index in [1.807, 2.05) is 0 Å². The fourth-order valence-corrected chi connectivity index (χ4v) is 9.16. The Labute approximate surface area is 488 Å². The Morgan fingerprint density at radius 3 is 1.04 bits per heavy atom. The highest BCUT2D eigenvalue weighted by atomic mass is 31.2. The van der Waals surface area contributed by atoms with Gasteiger partial charge in [0.25, 0.3) is 0 Å². The molecule has 0 spiro atoms. The van der Waals surface area contributed by atoms with Crippen molar-refractivity contribution < 1.29 is 75.8 Å². The smallest absolute Gasteiger partial charge is 0.463 e. The molecule has 0 amide bonds. The summed E-state index contributed by atoms with van der Waals surface area (Å²) < 4.78 is 60.6. The number of allylic oxidation sites excluding steroid dienone is 16. The van der Waals surface area contributed by atoms with Crippen LogP contribution in [0.5, 0.6) is 0 Å². The lowest BCUT2D eigenvalue weighted by Crippen LogP contribution is -2.30. The Kier molecular flexibility index (Phi) is 54.4. The molecule has 466 valence electrons. The molecule has 0 aliphatic carbocycles. The maximum Gasteiger partial charge on any atom is 0.472 e. The Bertz CT molecular complexity index is 1870. The first kappa shape index (κ1) is 77.5. The van der Waals surface area contributed by atoms with Crippen LogP contribution < -0.4 is 0 Å². The Balaban J connectivity index is 4.65. The van der Waals surface area contributed by atoms with Gasteiger partial charge in [-0.15, -0.1) is 0 Å². The SMILES string of the molecule is CC/C=C\C/C=C\C/C=C\C/C=C\CCCCCCCCC(=O)OCC(O)COP(=O)(O)OCC(O)COP(=O)(O)OCC(COC(=O)CCCCCCC/C=C\C/C=C\CCC)OC(=O)CCCCCCC/C=C\C/C=C\CCC. The van der Waals surface area contributed by atoms with E-state index in [1.165, 1.54) is 0 Å². The molecule has 0 aromatic rings. The zero-order chi connectivity index (χ0) is 59.6. The van der Waals surface area contributed by atoms with E-state index in [2.05, 4.69) is 118 Å². The van der Waals surface area contributed by atoms with Gasteiger partial charge in [-0.1, -0.05) is 195 Å². The first-order valence-electron chi connectivity index (χ1n) is 30.5. The van der Waals surface area contributed by atoms with Crippen LogP contribution in [0.2, 0.25) is 0 Å². The van der Waals surface area contributed by atoms with Gasteiger partial charge in [-0.25, -0.2) is 9.13 Å². The number of aliphatic hydroxyl groups excluding tert-OH is 2. The highest BCUT2D eigenvalue weighted by Crippen LogP contribution is 2.45. The predicted octanol–water partition coefficient (Wildman–Crippen LogP) is 16.0. The molecule has 0 aliphatic rings. The normalized spacial score (nSPS) is 15.1. The molecule has 0 saturated heterocycles. The van der Waals surface area contributed by atoms with Crippen LogP contribution in [-0.2, 0) is 55.8 Å². The van der Waals surface area contributed by atoms with Crippen molar-refractivity contribution in [2.24, 2.45) is 0 Å². The summed E-state index contributed by atoms with van der Waals surface area (Å²) in [6.07, 6.45) is 59.0. The number of phosphoric ester groups is 2. The van der Waals surface area contributed by atoms with Crippen molar-refractivity contribution >= 4 is 33.6 Å². The van der Waals surface area contributed by atoms with Crippen molar-refractivity contribution in [1.82, 2.24) is 0 Å². The van der Waals surface area contributed by atoms with Crippen molar-refractivity contribution in [3.05, 3.63) is 97.2 Å². The van der Waals surface area contributed by atoms with Gasteiger partial charge in [-0.05, 0) is 109 Å². The molecule has 0 radical (unpaired) electrons. The molecule has 18 heteroatoms. The predicted molar refractivity (Wildman–Crippen MR) is 325 cm³/mol. The third-order valence-electron chi connectivity index (χ3n) is 12.2. The van der Waals surface area contributed by atoms with Crippen LogP contribution in [0.4, 0.5) is 0 Å². The summed E-state index contributed by atoms with van der Waals surface area (Å²) >= 11 is 0. The third-order valence-corrected chi connectivity index (χ3v) is 14.1. The molecule has 5 atom stereocenters. The number of unbranched alkanes of at least 4 members (excludes halogenated alkanes) is 18. The van der Waals surface area contributed by atoms with E-state index in [0.717, 1.165) is 167 Å². The summed E-state index contributed by atoms with van der Waals surface area (Å²) in [6.45, 7) is 2.34. The molecule has 0 aliphatic heterocycles. The van der Waals surface area contributed by atoms with Crippen LogP contribution in [-0.4, -0.2) is 95.9 Å². The summed E-state index contributed by atoms with van der Waals surface area (Å²) in [4.78, 5) is 58.1. The maximum atomic E-state index is 12.8. The van der Waals surface area contributed by atoms with Crippen molar-refractivity contribution in [3.63, 3.8) is 0 Å². The quantitative estimate of drug-likeness (QED) is 0.0146. The van der Waals surface area contributed by atoms with E-state index >= 15 is 0 Å². The minimum Gasteiger partial charge on any atom is -0.463 e. The summed E-state index contributed by atoms with van der Waals surface area (Å²) in [7, 11) is -9.77. The summed E-state index contributed by atoms with van der Waals surface area (Å²) in [6, 6.07) is 0. The molecular formula is C63H108O16P2. The molecule has 0 bridgehead atoms. The number of hydrogen-bond donors (Lipinski definition) is 4. The lowest BCUT2D eigenvalue weighted by molar-refractivity contribution is -0.161. The second-order valence-corrected chi connectivity index (χ2v) is 23.0. The van der Waals surface area contributed by atoms with E-state index in [0.29, 0.717) is 19.3 Å². The molecule has 0 heterocycles. The number of aliphatic hydroxyl groups is 2. The standard InChI is InChI=1S/C63H108O16P2/c1-4-7-10-13-16-19-22-25-26-27-28-29-30-33-35-37-40-43-46-49-61(66)73-52-58(64)53-75-80(69,70)76-54-59(65)55-77-81(71,72)78-57-60(79-63(68)51-48-45-42-39-36-32-24-21-18-15-12-9-6-3)56-74-62(67)50-47-44-41-38-34-31-23-20-17-14-11-8-5-2/h7,10-12,14-16,19-21,23-26,28-29,58-60,64-65H,4-6,8-9,13,17-18,22,27,30-57H2,1-3H3,(H,69,70)(H,71,72)/b10-7-,14-11-,15-12-,19-16-,23-20-,24-21-,26-25-,29-28-. The maximum absolute atomic E-state index is 12.8. The minimum absolute atomic E-state index is 0.0838. The van der Waals surface area contributed by atoms with Gasteiger partial charge < -0.3 is 34.2 Å². The van der Waals surface area contributed by atoms with E-state index in [9.17, 15) is 43.5 Å². The molecule has 0 aromatic carbocycles.